The number of aldehydes is 1. The van der Waals surface area contributed by atoms with E-state index < -0.39 is 0 Å². The van der Waals surface area contributed by atoms with E-state index in [1.807, 2.05) is 6.92 Å². The van der Waals surface area contributed by atoms with E-state index in [4.69, 9.17) is 0 Å². The van der Waals surface area contributed by atoms with Gasteiger partial charge in [-0.3, -0.25) is 0 Å². The zero-order chi connectivity index (χ0) is 4.12. The average molecular weight is 112 g/mol. The van der Waals surface area contributed by atoms with Crippen molar-refractivity contribution in [1.29, 1.82) is 0 Å². The molecule has 0 aromatic rings. The van der Waals surface area contributed by atoms with E-state index in [0.29, 0.717) is 6.42 Å². The summed E-state index contributed by atoms with van der Waals surface area (Å²) in [6.07, 6.45) is 2.61. The Labute approximate surface area is 80.9 Å². The summed E-state index contributed by atoms with van der Waals surface area (Å²) in [5, 5.41) is 0. The molecule has 0 N–H and O–H groups in total. The Balaban J connectivity index is 0. The van der Waals surface area contributed by atoms with E-state index in [-0.39, 0.29) is 51.4 Å². The fourth-order valence-corrected chi connectivity index (χ4v) is 0.118. The number of rotatable bonds is 2. The summed E-state index contributed by atoms with van der Waals surface area (Å²) >= 11 is 0. The van der Waals surface area contributed by atoms with Gasteiger partial charge in [0.25, 0.3) is 0 Å². The van der Waals surface area contributed by atoms with Gasteiger partial charge in [0.05, 0.1) is 0 Å². The first-order valence-electron chi connectivity index (χ1n) is 1.85. The van der Waals surface area contributed by atoms with Crippen molar-refractivity contribution >= 4 is 57.7 Å². The summed E-state index contributed by atoms with van der Waals surface area (Å²) in [4.78, 5) is 9.40. The second kappa shape index (κ2) is 9.58. The molecule has 0 aliphatic heterocycles. The van der Waals surface area contributed by atoms with Gasteiger partial charge in [-0.2, -0.15) is 0 Å². The first-order valence-corrected chi connectivity index (χ1v) is 1.85. The molecule has 0 amide bonds. The van der Waals surface area contributed by atoms with Crippen molar-refractivity contribution in [1.82, 2.24) is 0 Å². The van der Waals surface area contributed by atoms with Crippen molar-refractivity contribution in [3.05, 3.63) is 0 Å². The van der Waals surface area contributed by atoms with Crippen molar-refractivity contribution in [2.75, 3.05) is 0 Å². The van der Waals surface area contributed by atoms with E-state index in [0.717, 1.165) is 12.7 Å². The number of unbranched alkanes of at least 4 members (excludes halogenated alkanes) is 1. The summed E-state index contributed by atoms with van der Waals surface area (Å²) in [5.74, 6) is 0. The fraction of sp³-hybridized carbons (Fsp3) is 0.750. The Kier molecular flexibility index (Phi) is 16.5. The molecule has 2 heteroatoms. The minimum absolute atomic E-state index is 0. The zero-order valence-corrected chi connectivity index (χ0v) is 3.40. The van der Waals surface area contributed by atoms with E-state index in [9.17, 15) is 4.79 Å². The molecule has 32 valence electrons. The molecule has 0 spiro atoms. The van der Waals surface area contributed by atoms with Crippen molar-refractivity contribution in [2.45, 2.75) is 19.8 Å². The molecule has 0 saturated carbocycles. The maximum atomic E-state index is 9.40. The van der Waals surface area contributed by atoms with Gasteiger partial charge in [0.1, 0.15) is 6.29 Å². The van der Waals surface area contributed by atoms with Crippen LogP contribution >= 0.6 is 0 Å². The predicted octanol–water partition coefficient (Wildman–Crippen LogP) is 0.337. The molecule has 1 nitrogen and oxygen atoms in total. The summed E-state index contributed by atoms with van der Waals surface area (Å²) in [5.41, 5.74) is 0. The molecule has 0 aromatic heterocycles. The summed E-state index contributed by atoms with van der Waals surface area (Å²) in [6.45, 7) is 1.98. The van der Waals surface area contributed by atoms with E-state index in [2.05, 4.69) is 0 Å². The number of carbonyl (C=O) groups is 1. The Hall–Kier alpha value is 1.31. The first-order chi connectivity index (χ1) is 2.41. The van der Waals surface area contributed by atoms with Crippen LogP contribution < -0.4 is 0 Å². The van der Waals surface area contributed by atoms with Crippen LogP contribution in [-0.4, -0.2) is 57.7 Å². The topological polar surface area (TPSA) is 17.1 Å². The molecule has 6 heavy (non-hydrogen) atoms. The Morgan fingerprint density at radius 1 is 1.67 bits per heavy atom. The number of hydrogen-bond acceptors (Lipinski definition) is 1. The predicted molar refractivity (Wildman–Crippen MR) is 28.1 cm³/mol. The quantitative estimate of drug-likeness (QED) is 0.372. The van der Waals surface area contributed by atoms with Crippen LogP contribution in [0, 0.1) is 0 Å². The van der Waals surface area contributed by atoms with Gasteiger partial charge in [0.2, 0.25) is 0 Å². The molecular formula is C4H9KO. The van der Waals surface area contributed by atoms with Crippen molar-refractivity contribution in [2.24, 2.45) is 0 Å². The molecular weight excluding hydrogens is 103 g/mol. The molecule has 0 rings (SSSR count). The van der Waals surface area contributed by atoms with Crippen LogP contribution in [0.4, 0.5) is 0 Å². The third kappa shape index (κ3) is 9.00. The molecule has 0 saturated heterocycles. The zero-order valence-electron chi connectivity index (χ0n) is 3.40. The monoisotopic (exact) mass is 112 g/mol. The van der Waals surface area contributed by atoms with Gasteiger partial charge in [-0.05, 0) is 6.42 Å². The Morgan fingerprint density at radius 3 is 2.17 bits per heavy atom. The maximum absolute atomic E-state index is 9.40. The van der Waals surface area contributed by atoms with Gasteiger partial charge in [-0.15, -0.1) is 0 Å². The number of hydrogen-bond donors (Lipinski definition) is 0. The van der Waals surface area contributed by atoms with Gasteiger partial charge in [-0.25, -0.2) is 0 Å². The Bertz CT molecular complexity index is 28.7. The second-order valence-electron chi connectivity index (χ2n) is 0.955. The second-order valence-corrected chi connectivity index (χ2v) is 0.955. The van der Waals surface area contributed by atoms with Crippen LogP contribution in [0.5, 0.6) is 0 Å². The molecule has 0 bridgehead atoms. The van der Waals surface area contributed by atoms with Crippen molar-refractivity contribution in [3.8, 4) is 0 Å². The van der Waals surface area contributed by atoms with Gasteiger partial charge >= 0.3 is 51.4 Å². The fourth-order valence-electron chi connectivity index (χ4n) is 0.118. The van der Waals surface area contributed by atoms with Gasteiger partial charge in [-0.1, -0.05) is 6.92 Å². The van der Waals surface area contributed by atoms with Gasteiger partial charge in [0.15, 0.2) is 0 Å². The molecule has 0 aromatic carbocycles. The van der Waals surface area contributed by atoms with Gasteiger partial charge in [0, 0.05) is 6.42 Å². The van der Waals surface area contributed by atoms with E-state index >= 15 is 0 Å². The van der Waals surface area contributed by atoms with Crippen LogP contribution in [0.15, 0.2) is 0 Å². The average Bonchev–Trinajstić information content (AvgIpc) is 1.41. The number of carbonyl (C=O) groups excluding carboxylic acids is 1. The third-order valence-corrected chi connectivity index (χ3v) is 0.407. The van der Waals surface area contributed by atoms with Crippen LogP contribution in [0.25, 0.3) is 0 Å². The molecule has 0 atom stereocenters. The first kappa shape index (κ1) is 10.3. The molecule has 0 aliphatic rings. The van der Waals surface area contributed by atoms with Crippen LogP contribution in [0.1, 0.15) is 19.8 Å². The molecule has 0 fully saturated rings. The molecule has 0 heterocycles. The third-order valence-electron chi connectivity index (χ3n) is 0.407. The molecule has 0 aliphatic carbocycles. The summed E-state index contributed by atoms with van der Waals surface area (Å²) in [6, 6.07) is 0. The van der Waals surface area contributed by atoms with Crippen LogP contribution in [0.2, 0.25) is 0 Å². The van der Waals surface area contributed by atoms with E-state index in [1.54, 1.807) is 0 Å². The van der Waals surface area contributed by atoms with Crippen molar-refractivity contribution in [3.63, 3.8) is 0 Å². The summed E-state index contributed by atoms with van der Waals surface area (Å²) in [7, 11) is 0. The van der Waals surface area contributed by atoms with Crippen LogP contribution in [0.3, 0.4) is 0 Å². The standard InChI is InChI=1S/C4H8O.K.H/c1-2-3-4-5;;/h4H,2-3H2,1H3;;. The SMILES string of the molecule is CCCC=O.[KH]. The van der Waals surface area contributed by atoms with E-state index in [1.165, 1.54) is 0 Å². The normalized spacial score (nSPS) is 6.17. The summed E-state index contributed by atoms with van der Waals surface area (Å²) < 4.78 is 0. The van der Waals surface area contributed by atoms with Crippen LogP contribution in [-0.2, 0) is 4.79 Å². The van der Waals surface area contributed by atoms with Gasteiger partial charge < -0.3 is 4.79 Å². The molecule has 0 unspecified atom stereocenters. The van der Waals surface area contributed by atoms with Crippen molar-refractivity contribution < 1.29 is 4.79 Å². The Morgan fingerprint density at radius 2 is 2.17 bits per heavy atom. The molecule has 0 radical (unpaired) electrons. The minimum atomic E-state index is 0.